The van der Waals surface area contributed by atoms with Crippen LogP contribution in [0.1, 0.15) is 38.2 Å². The van der Waals surface area contributed by atoms with Crippen LogP contribution in [0.3, 0.4) is 0 Å². The van der Waals surface area contributed by atoms with Gasteiger partial charge in [-0.25, -0.2) is 0 Å². The molecule has 0 aliphatic rings. The van der Waals surface area contributed by atoms with Crippen LogP contribution >= 0.6 is 11.6 Å². The van der Waals surface area contributed by atoms with Crippen LogP contribution in [0.2, 0.25) is 5.02 Å². The Balaban J connectivity index is 2.68. The quantitative estimate of drug-likeness (QED) is 0.665. The molecule has 3 nitrogen and oxygen atoms in total. The minimum Gasteiger partial charge on any atom is -0.383 e. The maximum absolute atomic E-state index is 6.36. The SMILES string of the molecule is COCCNCC(CCC(C)(C)OC)c1ccccc1Cl. The molecule has 1 unspecified atom stereocenters. The Morgan fingerprint density at radius 3 is 2.57 bits per heavy atom. The summed E-state index contributed by atoms with van der Waals surface area (Å²) in [7, 11) is 3.48. The van der Waals surface area contributed by atoms with Gasteiger partial charge in [-0.05, 0) is 44.2 Å². The molecule has 0 amide bonds. The van der Waals surface area contributed by atoms with Crippen LogP contribution in [0.15, 0.2) is 24.3 Å². The van der Waals surface area contributed by atoms with Gasteiger partial charge in [-0.15, -0.1) is 0 Å². The molecule has 21 heavy (non-hydrogen) atoms. The minimum atomic E-state index is -0.105. The molecule has 0 aliphatic carbocycles. The van der Waals surface area contributed by atoms with E-state index in [1.165, 1.54) is 5.56 Å². The van der Waals surface area contributed by atoms with Crippen molar-refractivity contribution < 1.29 is 9.47 Å². The molecule has 1 atom stereocenters. The lowest BCUT2D eigenvalue weighted by Gasteiger charge is -2.27. The Bertz CT molecular complexity index is 410. The highest BCUT2D eigenvalue weighted by Crippen LogP contribution is 2.30. The molecule has 0 heterocycles. The average Bonchev–Trinajstić information content (AvgIpc) is 2.47. The van der Waals surface area contributed by atoms with E-state index in [9.17, 15) is 0 Å². The number of methoxy groups -OCH3 is 2. The summed E-state index contributed by atoms with van der Waals surface area (Å²) >= 11 is 6.36. The van der Waals surface area contributed by atoms with E-state index >= 15 is 0 Å². The van der Waals surface area contributed by atoms with Crippen LogP contribution in [-0.2, 0) is 9.47 Å². The normalized spacial score (nSPS) is 13.4. The molecule has 0 radical (unpaired) electrons. The van der Waals surface area contributed by atoms with Crippen LogP contribution in [0.25, 0.3) is 0 Å². The van der Waals surface area contributed by atoms with E-state index in [-0.39, 0.29) is 5.60 Å². The van der Waals surface area contributed by atoms with E-state index in [0.717, 1.165) is 37.6 Å². The number of rotatable bonds is 10. The van der Waals surface area contributed by atoms with Crippen LogP contribution in [-0.4, -0.2) is 39.5 Å². The number of halogens is 1. The van der Waals surface area contributed by atoms with Crippen molar-refractivity contribution in [1.82, 2.24) is 5.32 Å². The molecule has 0 aliphatic heterocycles. The maximum atomic E-state index is 6.36. The fourth-order valence-electron chi connectivity index (χ4n) is 2.25. The van der Waals surface area contributed by atoms with Crippen LogP contribution in [0, 0.1) is 0 Å². The highest BCUT2D eigenvalue weighted by atomic mass is 35.5. The van der Waals surface area contributed by atoms with Gasteiger partial charge in [0.1, 0.15) is 0 Å². The smallest absolute Gasteiger partial charge is 0.0623 e. The van der Waals surface area contributed by atoms with Crippen LogP contribution < -0.4 is 5.32 Å². The highest BCUT2D eigenvalue weighted by Gasteiger charge is 2.21. The molecule has 1 N–H and O–H groups in total. The van der Waals surface area contributed by atoms with Gasteiger partial charge in [0, 0.05) is 32.3 Å². The lowest BCUT2D eigenvalue weighted by molar-refractivity contribution is 0.0124. The van der Waals surface area contributed by atoms with E-state index < -0.39 is 0 Å². The molecular formula is C17H28ClNO2. The number of hydrogen-bond acceptors (Lipinski definition) is 3. The van der Waals surface area contributed by atoms with E-state index in [0.29, 0.717) is 5.92 Å². The van der Waals surface area contributed by atoms with Crippen molar-refractivity contribution in [2.45, 2.75) is 38.2 Å². The Kier molecular flexibility index (Phi) is 8.27. The van der Waals surface area contributed by atoms with Gasteiger partial charge in [-0.3, -0.25) is 0 Å². The van der Waals surface area contributed by atoms with E-state index in [1.54, 1.807) is 14.2 Å². The molecule has 0 fully saturated rings. The van der Waals surface area contributed by atoms with Gasteiger partial charge >= 0.3 is 0 Å². The molecule has 0 saturated carbocycles. The largest absolute Gasteiger partial charge is 0.383 e. The Labute approximate surface area is 134 Å². The maximum Gasteiger partial charge on any atom is 0.0623 e. The Morgan fingerprint density at radius 2 is 1.95 bits per heavy atom. The fourth-order valence-corrected chi connectivity index (χ4v) is 2.54. The molecule has 0 aromatic heterocycles. The molecule has 0 saturated heterocycles. The monoisotopic (exact) mass is 313 g/mol. The first-order valence-electron chi connectivity index (χ1n) is 7.49. The van der Waals surface area contributed by atoms with Crippen molar-refractivity contribution in [3.63, 3.8) is 0 Å². The van der Waals surface area contributed by atoms with E-state index in [2.05, 4.69) is 25.2 Å². The number of benzene rings is 1. The third-order valence-corrected chi connectivity index (χ3v) is 4.21. The summed E-state index contributed by atoms with van der Waals surface area (Å²) in [4.78, 5) is 0. The van der Waals surface area contributed by atoms with Gasteiger partial charge in [-0.2, -0.15) is 0 Å². The molecule has 0 bridgehead atoms. The summed E-state index contributed by atoms with van der Waals surface area (Å²) in [5.74, 6) is 0.380. The minimum absolute atomic E-state index is 0.105. The van der Waals surface area contributed by atoms with E-state index in [1.807, 2.05) is 18.2 Å². The molecule has 4 heteroatoms. The summed E-state index contributed by atoms with van der Waals surface area (Å²) in [5.41, 5.74) is 1.10. The van der Waals surface area contributed by atoms with Crippen molar-refractivity contribution in [2.75, 3.05) is 33.9 Å². The van der Waals surface area contributed by atoms with E-state index in [4.69, 9.17) is 21.1 Å². The predicted molar refractivity (Wildman–Crippen MR) is 89.3 cm³/mol. The molecule has 1 rings (SSSR count). The second kappa shape index (κ2) is 9.42. The third-order valence-electron chi connectivity index (χ3n) is 3.87. The summed E-state index contributed by atoms with van der Waals surface area (Å²) in [6.07, 6.45) is 2.02. The zero-order valence-corrected chi connectivity index (χ0v) is 14.4. The number of nitrogens with one attached hydrogen (secondary N) is 1. The molecule has 0 spiro atoms. The van der Waals surface area contributed by atoms with Gasteiger partial charge in [-0.1, -0.05) is 29.8 Å². The molecular weight excluding hydrogens is 286 g/mol. The van der Waals surface area contributed by atoms with Crippen molar-refractivity contribution in [1.29, 1.82) is 0 Å². The highest BCUT2D eigenvalue weighted by molar-refractivity contribution is 6.31. The standard InChI is InChI=1S/C17H28ClNO2/c1-17(2,21-4)10-9-14(13-19-11-12-20-3)15-7-5-6-8-16(15)18/h5-8,14,19H,9-13H2,1-4H3. The first-order valence-corrected chi connectivity index (χ1v) is 7.87. The number of ether oxygens (including phenoxy) is 2. The summed E-state index contributed by atoms with van der Waals surface area (Å²) < 4.78 is 10.6. The second-order valence-electron chi connectivity index (χ2n) is 5.92. The summed E-state index contributed by atoms with van der Waals surface area (Å²) in [6, 6.07) is 8.09. The van der Waals surface area contributed by atoms with Gasteiger partial charge in [0.2, 0.25) is 0 Å². The molecule has 1 aromatic carbocycles. The molecule has 1 aromatic rings. The number of hydrogen-bond donors (Lipinski definition) is 1. The van der Waals surface area contributed by atoms with Gasteiger partial charge in [0.15, 0.2) is 0 Å². The third kappa shape index (κ3) is 6.79. The first-order chi connectivity index (χ1) is 10.00. The topological polar surface area (TPSA) is 30.5 Å². The fraction of sp³-hybridized carbons (Fsp3) is 0.647. The second-order valence-corrected chi connectivity index (χ2v) is 6.33. The van der Waals surface area contributed by atoms with Crippen molar-refractivity contribution >= 4 is 11.6 Å². The Hall–Kier alpha value is -0.610. The molecule has 120 valence electrons. The van der Waals surface area contributed by atoms with Gasteiger partial charge < -0.3 is 14.8 Å². The van der Waals surface area contributed by atoms with Gasteiger partial charge in [0.05, 0.1) is 12.2 Å². The van der Waals surface area contributed by atoms with Gasteiger partial charge in [0.25, 0.3) is 0 Å². The Morgan fingerprint density at radius 1 is 1.24 bits per heavy atom. The summed E-state index contributed by atoms with van der Waals surface area (Å²) in [5, 5.41) is 4.28. The lowest BCUT2D eigenvalue weighted by Crippen LogP contribution is -2.28. The van der Waals surface area contributed by atoms with Crippen molar-refractivity contribution in [2.24, 2.45) is 0 Å². The first kappa shape index (κ1) is 18.4. The van der Waals surface area contributed by atoms with Crippen molar-refractivity contribution in [3.05, 3.63) is 34.9 Å². The van der Waals surface area contributed by atoms with Crippen LogP contribution in [0.4, 0.5) is 0 Å². The predicted octanol–water partition coefficient (Wildman–Crippen LogP) is 3.86. The zero-order chi connectivity index (χ0) is 15.7. The average molecular weight is 314 g/mol. The van der Waals surface area contributed by atoms with Crippen molar-refractivity contribution in [3.8, 4) is 0 Å². The summed E-state index contributed by atoms with van der Waals surface area (Å²) in [6.45, 7) is 6.71. The lowest BCUT2D eigenvalue weighted by atomic mass is 9.89. The van der Waals surface area contributed by atoms with Crippen LogP contribution in [0.5, 0.6) is 0 Å². The zero-order valence-electron chi connectivity index (χ0n) is 13.6.